The molecule has 0 saturated heterocycles. The first kappa shape index (κ1) is 7.78. The highest BCUT2D eigenvalue weighted by atomic mass is 16.1. The Bertz CT molecular complexity index is 277. The quantitative estimate of drug-likeness (QED) is 0.612. The largest absolute Gasteiger partial charge is 0.271 e. The maximum Gasteiger partial charge on any atom is 0.260 e. The molecular weight excluding hydrogens is 142 g/mol. The van der Waals surface area contributed by atoms with Gasteiger partial charge in [-0.05, 0) is 19.9 Å². The van der Waals surface area contributed by atoms with E-state index in [-0.39, 0.29) is 6.54 Å². The summed E-state index contributed by atoms with van der Waals surface area (Å²) in [7, 11) is 0. The van der Waals surface area contributed by atoms with E-state index in [0.717, 1.165) is 11.4 Å². The van der Waals surface area contributed by atoms with Gasteiger partial charge in [-0.3, -0.25) is 15.2 Å². The van der Waals surface area contributed by atoms with Crippen LogP contribution in [-0.4, -0.2) is 15.7 Å². The average Bonchev–Trinajstić information content (AvgIpc) is 2.09. The molecule has 0 saturated carbocycles. The number of carbonyl (C=O) groups excluding carboxylic acids is 1. The van der Waals surface area contributed by atoms with E-state index in [1.54, 1.807) is 0 Å². The second kappa shape index (κ2) is 2.74. The SMILES string of the molecule is Cc1cc(C)n(CC([NH])=O)n1. The molecule has 0 aromatic carbocycles. The summed E-state index contributed by atoms with van der Waals surface area (Å²) in [6, 6.07) is 1.88. The molecule has 0 unspecified atom stereocenters. The Morgan fingerprint density at radius 2 is 2.36 bits per heavy atom. The fourth-order valence-electron chi connectivity index (χ4n) is 0.971. The Morgan fingerprint density at radius 3 is 2.73 bits per heavy atom. The van der Waals surface area contributed by atoms with Gasteiger partial charge in [-0.25, -0.2) is 0 Å². The van der Waals surface area contributed by atoms with Crippen LogP contribution in [0.1, 0.15) is 11.4 Å². The summed E-state index contributed by atoms with van der Waals surface area (Å²) in [4.78, 5) is 10.4. The van der Waals surface area contributed by atoms with Crippen molar-refractivity contribution in [1.82, 2.24) is 15.5 Å². The summed E-state index contributed by atoms with van der Waals surface area (Å²) in [5.74, 6) is -0.615. The van der Waals surface area contributed by atoms with Gasteiger partial charge in [0.25, 0.3) is 5.91 Å². The van der Waals surface area contributed by atoms with Crippen molar-refractivity contribution in [3.05, 3.63) is 17.5 Å². The molecular formula is C7H10N3O. The third kappa shape index (κ3) is 1.80. The lowest BCUT2D eigenvalue weighted by Gasteiger charge is -1.97. The van der Waals surface area contributed by atoms with E-state index in [1.165, 1.54) is 4.68 Å². The van der Waals surface area contributed by atoms with E-state index in [2.05, 4.69) is 5.10 Å². The molecule has 0 aliphatic heterocycles. The van der Waals surface area contributed by atoms with Crippen LogP contribution in [0.5, 0.6) is 0 Å². The number of rotatable bonds is 2. The van der Waals surface area contributed by atoms with Gasteiger partial charge in [0.1, 0.15) is 6.54 Å². The third-order valence-electron chi connectivity index (χ3n) is 1.40. The van der Waals surface area contributed by atoms with E-state index >= 15 is 0 Å². The second-order valence-electron chi connectivity index (χ2n) is 2.51. The number of amides is 1. The molecule has 0 aliphatic rings. The smallest absolute Gasteiger partial charge is 0.260 e. The summed E-state index contributed by atoms with van der Waals surface area (Å²) in [5.41, 5.74) is 8.52. The fraction of sp³-hybridized carbons (Fsp3) is 0.429. The Balaban J connectivity index is 2.85. The minimum absolute atomic E-state index is 0.0552. The first-order valence-electron chi connectivity index (χ1n) is 3.35. The summed E-state index contributed by atoms with van der Waals surface area (Å²) in [5, 5.41) is 4.03. The number of hydrogen-bond acceptors (Lipinski definition) is 2. The van der Waals surface area contributed by atoms with E-state index in [9.17, 15) is 4.79 Å². The van der Waals surface area contributed by atoms with Crippen LogP contribution >= 0.6 is 0 Å². The lowest BCUT2D eigenvalue weighted by Crippen LogP contribution is -2.12. The summed E-state index contributed by atoms with van der Waals surface area (Å²) >= 11 is 0. The standard InChI is InChI=1S/C7H10N3O/c1-5-3-6(2)10(9-5)4-7(8)11/h3,8H,4H2,1-2H3. The van der Waals surface area contributed by atoms with E-state index < -0.39 is 5.91 Å². The molecule has 0 spiro atoms. The molecule has 0 bridgehead atoms. The maximum atomic E-state index is 10.4. The summed E-state index contributed by atoms with van der Waals surface area (Å²) in [6.45, 7) is 3.78. The highest BCUT2D eigenvalue weighted by Gasteiger charge is 2.02. The van der Waals surface area contributed by atoms with Gasteiger partial charge in [0.05, 0.1) is 5.69 Å². The Labute approximate surface area is 65.0 Å². The predicted octanol–water partition coefficient (Wildman–Crippen LogP) is 0.309. The van der Waals surface area contributed by atoms with Crippen molar-refractivity contribution in [3.63, 3.8) is 0 Å². The van der Waals surface area contributed by atoms with Crippen LogP contribution in [-0.2, 0) is 11.3 Å². The summed E-state index contributed by atoms with van der Waals surface area (Å²) in [6.07, 6.45) is 0. The number of aromatic nitrogens is 2. The van der Waals surface area contributed by atoms with Crippen molar-refractivity contribution < 1.29 is 4.79 Å². The van der Waals surface area contributed by atoms with E-state index in [4.69, 9.17) is 5.73 Å². The van der Waals surface area contributed by atoms with Crippen molar-refractivity contribution in [2.45, 2.75) is 20.4 Å². The van der Waals surface area contributed by atoms with Crippen LogP contribution < -0.4 is 5.73 Å². The van der Waals surface area contributed by atoms with Gasteiger partial charge < -0.3 is 0 Å². The Kier molecular flexibility index (Phi) is 1.94. The minimum atomic E-state index is -0.615. The predicted molar refractivity (Wildman–Crippen MR) is 39.8 cm³/mol. The van der Waals surface area contributed by atoms with Gasteiger partial charge in [-0.15, -0.1) is 0 Å². The molecule has 1 N–H and O–H groups in total. The number of nitrogens with zero attached hydrogens (tertiary/aromatic N) is 2. The molecule has 4 heteroatoms. The van der Waals surface area contributed by atoms with Crippen LogP contribution in [0.15, 0.2) is 6.07 Å². The molecule has 0 fully saturated rings. The zero-order valence-corrected chi connectivity index (χ0v) is 6.59. The van der Waals surface area contributed by atoms with Gasteiger partial charge >= 0.3 is 0 Å². The molecule has 1 aromatic rings. The molecule has 1 heterocycles. The molecule has 1 amide bonds. The second-order valence-corrected chi connectivity index (χ2v) is 2.51. The van der Waals surface area contributed by atoms with E-state index in [0.29, 0.717) is 0 Å². The normalized spacial score (nSPS) is 10.0. The van der Waals surface area contributed by atoms with E-state index in [1.807, 2.05) is 19.9 Å². The Morgan fingerprint density at radius 1 is 1.73 bits per heavy atom. The van der Waals surface area contributed by atoms with Crippen molar-refractivity contribution in [1.29, 1.82) is 0 Å². The minimum Gasteiger partial charge on any atom is -0.271 e. The highest BCUT2D eigenvalue weighted by Crippen LogP contribution is 2.00. The molecule has 1 rings (SSSR count). The molecule has 11 heavy (non-hydrogen) atoms. The van der Waals surface area contributed by atoms with Gasteiger partial charge in [0, 0.05) is 5.69 Å². The fourth-order valence-corrected chi connectivity index (χ4v) is 0.971. The van der Waals surface area contributed by atoms with Crippen molar-refractivity contribution in [2.75, 3.05) is 0 Å². The number of carbonyl (C=O) groups is 1. The van der Waals surface area contributed by atoms with Crippen molar-refractivity contribution in [3.8, 4) is 0 Å². The van der Waals surface area contributed by atoms with Gasteiger partial charge in [-0.2, -0.15) is 5.10 Å². The number of hydrogen-bond donors (Lipinski definition) is 0. The lowest BCUT2D eigenvalue weighted by atomic mass is 10.4. The van der Waals surface area contributed by atoms with Crippen molar-refractivity contribution >= 4 is 5.91 Å². The first-order chi connectivity index (χ1) is 5.09. The molecule has 0 aliphatic carbocycles. The van der Waals surface area contributed by atoms with Crippen LogP contribution in [0.4, 0.5) is 0 Å². The molecule has 59 valence electrons. The van der Waals surface area contributed by atoms with Gasteiger partial charge in [0.2, 0.25) is 0 Å². The molecule has 1 aromatic heterocycles. The van der Waals surface area contributed by atoms with Crippen LogP contribution in [0.25, 0.3) is 0 Å². The van der Waals surface area contributed by atoms with Gasteiger partial charge in [0.15, 0.2) is 0 Å². The summed E-state index contributed by atoms with van der Waals surface area (Å²) < 4.78 is 1.53. The number of nitrogens with one attached hydrogen (secondary N) is 1. The third-order valence-corrected chi connectivity index (χ3v) is 1.40. The zero-order valence-electron chi connectivity index (χ0n) is 6.59. The monoisotopic (exact) mass is 152 g/mol. The molecule has 0 atom stereocenters. The number of aryl methyl sites for hydroxylation is 2. The average molecular weight is 152 g/mol. The van der Waals surface area contributed by atoms with Crippen molar-refractivity contribution in [2.24, 2.45) is 0 Å². The zero-order chi connectivity index (χ0) is 8.43. The van der Waals surface area contributed by atoms with Gasteiger partial charge in [-0.1, -0.05) is 0 Å². The first-order valence-corrected chi connectivity index (χ1v) is 3.35. The Hall–Kier alpha value is -1.32. The maximum absolute atomic E-state index is 10.4. The molecule has 4 nitrogen and oxygen atoms in total. The highest BCUT2D eigenvalue weighted by molar-refractivity contribution is 5.72. The lowest BCUT2D eigenvalue weighted by molar-refractivity contribution is -0.119. The van der Waals surface area contributed by atoms with Crippen LogP contribution in [0.2, 0.25) is 0 Å². The topological polar surface area (TPSA) is 58.7 Å². The van der Waals surface area contributed by atoms with Crippen LogP contribution in [0, 0.1) is 13.8 Å². The van der Waals surface area contributed by atoms with Crippen LogP contribution in [0.3, 0.4) is 0 Å². The molecule has 1 radical (unpaired) electrons.